The Labute approximate surface area is 181 Å². The summed E-state index contributed by atoms with van der Waals surface area (Å²) in [6.07, 6.45) is 3.06. The zero-order valence-corrected chi connectivity index (χ0v) is 18.2. The summed E-state index contributed by atoms with van der Waals surface area (Å²) in [6.45, 7) is 6.35. The number of carbonyl (C=O) groups excluding carboxylic acids is 1. The molecular formula is C24H26N4OS. The van der Waals surface area contributed by atoms with Crippen LogP contribution in [0.25, 0.3) is 17.0 Å². The van der Waals surface area contributed by atoms with E-state index in [2.05, 4.69) is 71.1 Å². The Bertz CT molecular complexity index is 1060. The van der Waals surface area contributed by atoms with Crippen molar-refractivity contribution < 1.29 is 4.79 Å². The Hall–Kier alpha value is -2.86. The van der Waals surface area contributed by atoms with Gasteiger partial charge in [0.2, 0.25) is 5.91 Å². The number of amides is 1. The lowest BCUT2D eigenvalue weighted by molar-refractivity contribution is -0.127. The molecule has 0 bridgehead atoms. The summed E-state index contributed by atoms with van der Waals surface area (Å²) < 4.78 is 2.09. The minimum absolute atomic E-state index is 0.145. The minimum Gasteiger partial charge on any atom is -0.338 e. The lowest BCUT2D eigenvalue weighted by atomic mass is 10.00. The summed E-state index contributed by atoms with van der Waals surface area (Å²) in [4.78, 5) is 14.7. The largest absolute Gasteiger partial charge is 0.338 e. The van der Waals surface area contributed by atoms with Crippen molar-refractivity contribution in [2.45, 2.75) is 32.0 Å². The molecule has 0 atom stereocenters. The second-order valence-corrected chi connectivity index (χ2v) is 8.28. The molecule has 0 N–H and O–H groups in total. The summed E-state index contributed by atoms with van der Waals surface area (Å²) in [5, 5.41) is 9.57. The summed E-state index contributed by atoms with van der Waals surface area (Å²) in [5.41, 5.74) is 4.82. The number of aromatic nitrogens is 3. The van der Waals surface area contributed by atoms with Crippen LogP contribution >= 0.6 is 11.8 Å². The molecule has 1 amide bonds. The molecule has 6 heteroatoms. The van der Waals surface area contributed by atoms with E-state index >= 15 is 0 Å². The predicted octanol–water partition coefficient (Wildman–Crippen LogP) is 4.68. The fourth-order valence-corrected chi connectivity index (χ4v) is 4.64. The fraction of sp³-hybridized carbons (Fsp3) is 0.292. The number of nitrogens with zero attached hydrogens (tertiary/aromatic N) is 4. The highest BCUT2D eigenvalue weighted by Gasteiger charge is 2.20. The van der Waals surface area contributed by atoms with Crippen LogP contribution in [0, 0.1) is 6.92 Å². The van der Waals surface area contributed by atoms with Gasteiger partial charge in [0.1, 0.15) is 0 Å². The van der Waals surface area contributed by atoms with Crippen molar-refractivity contribution in [3.63, 3.8) is 0 Å². The Morgan fingerprint density at radius 3 is 2.53 bits per heavy atom. The van der Waals surface area contributed by atoms with Gasteiger partial charge in [0.05, 0.1) is 5.75 Å². The first-order valence-electron chi connectivity index (χ1n) is 10.3. The third kappa shape index (κ3) is 4.33. The van der Waals surface area contributed by atoms with Crippen LogP contribution in [0.4, 0.5) is 0 Å². The molecule has 154 valence electrons. The smallest absolute Gasteiger partial charge is 0.233 e. The maximum Gasteiger partial charge on any atom is 0.233 e. The average molecular weight is 419 g/mol. The minimum atomic E-state index is 0.145. The highest BCUT2D eigenvalue weighted by Crippen LogP contribution is 2.27. The lowest BCUT2D eigenvalue weighted by Gasteiger charge is -2.26. The van der Waals surface area contributed by atoms with E-state index in [-0.39, 0.29) is 5.91 Å². The van der Waals surface area contributed by atoms with Gasteiger partial charge in [-0.2, -0.15) is 0 Å². The highest BCUT2D eigenvalue weighted by atomic mass is 32.2. The van der Waals surface area contributed by atoms with E-state index in [9.17, 15) is 4.79 Å². The van der Waals surface area contributed by atoms with Crippen LogP contribution in [0.1, 0.15) is 24.5 Å². The lowest BCUT2D eigenvalue weighted by Crippen LogP contribution is -2.35. The first kappa shape index (κ1) is 20.4. The van der Waals surface area contributed by atoms with Crippen molar-refractivity contribution in [3.8, 4) is 11.4 Å². The molecule has 3 aromatic rings. The van der Waals surface area contributed by atoms with Gasteiger partial charge in [0.15, 0.2) is 11.0 Å². The molecule has 0 saturated heterocycles. The zero-order valence-electron chi connectivity index (χ0n) is 17.4. The Morgan fingerprint density at radius 1 is 1.07 bits per heavy atom. The van der Waals surface area contributed by atoms with E-state index in [0.717, 1.165) is 36.1 Å². The summed E-state index contributed by atoms with van der Waals surface area (Å²) in [6, 6.07) is 18.6. The first-order valence-corrected chi connectivity index (χ1v) is 11.3. The molecular weight excluding hydrogens is 392 g/mol. The molecule has 0 radical (unpaired) electrons. The molecule has 0 spiro atoms. The van der Waals surface area contributed by atoms with Crippen molar-refractivity contribution in [1.82, 2.24) is 19.7 Å². The van der Waals surface area contributed by atoms with Crippen molar-refractivity contribution in [2.24, 2.45) is 0 Å². The van der Waals surface area contributed by atoms with Gasteiger partial charge in [-0.15, -0.1) is 10.2 Å². The van der Waals surface area contributed by atoms with Gasteiger partial charge in [-0.3, -0.25) is 4.79 Å². The maximum atomic E-state index is 12.8. The summed E-state index contributed by atoms with van der Waals surface area (Å²) >= 11 is 1.47. The number of carbonyl (C=O) groups is 1. The number of aryl methyl sites for hydroxylation is 1. The first-order chi connectivity index (χ1) is 14.7. The zero-order chi connectivity index (χ0) is 20.9. The molecule has 1 aliphatic rings. The van der Waals surface area contributed by atoms with Crippen molar-refractivity contribution in [3.05, 3.63) is 71.8 Å². The Morgan fingerprint density at radius 2 is 1.83 bits per heavy atom. The summed E-state index contributed by atoms with van der Waals surface area (Å²) in [7, 11) is 0. The molecule has 30 heavy (non-hydrogen) atoms. The van der Waals surface area contributed by atoms with Gasteiger partial charge in [0.25, 0.3) is 0 Å². The third-order valence-corrected chi connectivity index (χ3v) is 6.40. The topological polar surface area (TPSA) is 51.0 Å². The molecule has 0 unspecified atom stereocenters. The van der Waals surface area contributed by atoms with Crippen LogP contribution in [0.5, 0.6) is 0 Å². The van der Waals surface area contributed by atoms with Gasteiger partial charge in [0, 0.05) is 25.2 Å². The molecule has 0 saturated carbocycles. The van der Waals surface area contributed by atoms with E-state index in [1.807, 2.05) is 23.1 Å². The fourth-order valence-electron chi connectivity index (χ4n) is 3.73. The highest BCUT2D eigenvalue weighted by molar-refractivity contribution is 7.99. The van der Waals surface area contributed by atoms with Gasteiger partial charge in [-0.05, 0) is 37.0 Å². The van der Waals surface area contributed by atoms with Crippen molar-refractivity contribution >= 4 is 23.2 Å². The SMILES string of the molecule is CCn1c(SCC(=O)N2CC=C(c3ccccc3)CC2)nnc1-c1ccccc1C. The summed E-state index contributed by atoms with van der Waals surface area (Å²) in [5.74, 6) is 1.38. The Balaban J connectivity index is 1.40. The van der Waals surface area contributed by atoms with E-state index < -0.39 is 0 Å². The molecule has 1 aromatic heterocycles. The maximum absolute atomic E-state index is 12.8. The van der Waals surface area contributed by atoms with Crippen LogP contribution in [-0.4, -0.2) is 44.4 Å². The molecule has 4 rings (SSSR count). The van der Waals surface area contributed by atoms with Gasteiger partial charge in [-0.1, -0.05) is 72.4 Å². The van der Waals surface area contributed by atoms with Crippen molar-refractivity contribution in [2.75, 3.05) is 18.8 Å². The van der Waals surface area contributed by atoms with Crippen molar-refractivity contribution in [1.29, 1.82) is 0 Å². The Kier molecular flexibility index (Phi) is 6.33. The number of rotatable bonds is 6. The number of benzene rings is 2. The second kappa shape index (κ2) is 9.30. The van der Waals surface area contributed by atoms with E-state index in [1.54, 1.807) is 0 Å². The number of thioether (sulfide) groups is 1. The van der Waals surface area contributed by atoms with E-state index in [0.29, 0.717) is 12.3 Å². The average Bonchev–Trinajstić information content (AvgIpc) is 3.21. The number of hydrogen-bond acceptors (Lipinski definition) is 4. The van der Waals surface area contributed by atoms with Crippen LogP contribution in [0.2, 0.25) is 0 Å². The quantitative estimate of drug-likeness (QED) is 0.546. The molecule has 2 aromatic carbocycles. The van der Waals surface area contributed by atoms with Gasteiger partial charge < -0.3 is 9.47 Å². The standard InChI is InChI=1S/C24H26N4OS/c1-3-28-23(21-12-8-7-9-18(21)2)25-26-24(28)30-17-22(29)27-15-13-20(14-16-27)19-10-5-4-6-11-19/h4-13H,3,14-17H2,1-2H3. The van der Waals surface area contributed by atoms with E-state index in [1.165, 1.54) is 28.5 Å². The second-order valence-electron chi connectivity index (χ2n) is 7.34. The van der Waals surface area contributed by atoms with Gasteiger partial charge in [-0.25, -0.2) is 0 Å². The van der Waals surface area contributed by atoms with Gasteiger partial charge >= 0.3 is 0 Å². The van der Waals surface area contributed by atoms with Crippen LogP contribution in [0.15, 0.2) is 65.8 Å². The monoisotopic (exact) mass is 418 g/mol. The number of hydrogen-bond donors (Lipinski definition) is 0. The van der Waals surface area contributed by atoms with E-state index in [4.69, 9.17) is 0 Å². The van der Waals surface area contributed by atoms with Crippen LogP contribution in [0.3, 0.4) is 0 Å². The third-order valence-electron chi connectivity index (χ3n) is 5.45. The van der Waals surface area contributed by atoms with Crippen LogP contribution in [-0.2, 0) is 11.3 Å². The molecule has 1 aliphatic heterocycles. The molecule has 5 nitrogen and oxygen atoms in total. The molecule has 2 heterocycles. The molecule has 0 aliphatic carbocycles. The molecule has 0 fully saturated rings. The normalized spacial score (nSPS) is 13.9. The van der Waals surface area contributed by atoms with Crippen LogP contribution < -0.4 is 0 Å². The predicted molar refractivity (Wildman–Crippen MR) is 122 cm³/mol.